The lowest BCUT2D eigenvalue weighted by Gasteiger charge is -2.31. The van der Waals surface area contributed by atoms with Gasteiger partial charge < -0.3 is 5.11 Å². The molecule has 28 heavy (non-hydrogen) atoms. The first-order valence-corrected chi connectivity index (χ1v) is 10.5. The van der Waals surface area contributed by atoms with Crippen LogP contribution in [-0.4, -0.2) is 34.0 Å². The van der Waals surface area contributed by atoms with Crippen molar-refractivity contribution >= 4 is 17.3 Å². The molecule has 1 aromatic heterocycles. The Bertz CT molecular complexity index is 965. The molecule has 1 aliphatic rings. The van der Waals surface area contributed by atoms with E-state index < -0.39 is 5.97 Å². The fourth-order valence-electron chi connectivity index (χ4n) is 3.93. The van der Waals surface area contributed by atoms with Crippen molar-refractivity contribution in [3.63, 3.8) is 0 Å². The van der Waals surface area contributed by atoms with Crippen molar-refractivity contribution in [3.8, 4) is 11.1 Å². The van der Waals surface area contributed by atoms with Gasteiger partial charge in [0.05, 0.1) is 10.6 Å². The molecule has 0 aliphatic carbocycles. The molecule has 1 saturated heterocycles. The normalized spacial score (nSPS) is 17.5. The number of thiazole rings is 1. The van der Waals surface area contributed by atoms with E-state index in [0.717, 1.165) is 36.5 Å². The van der Waals surface area contributed by atoms with Gasteiger partial charge in [-0.05, 0) is 49.1 Å². The number of carboxylic acid groups (broad SMARTS) is 1. The van der Waals surface area contributed by atoms with E-state index >= 15 is 0 Å². The van der Waals surface area contributed by atoms with Crippen LogP contribution in [0, 0.1) is 6.92 Å². The quantitative estimate of drug-likeness (QED) is 0.649. The first-order valence-electron chi connectivity index (χ1n) is 9.66. The Hall–Kier alpha value is -2.50. The van der Waals surface area contributed by atoms with Crippen molar-refractivity contribution in [2.24, 2.45) is 0 Å². The van der Waals surface area contributed by atoms with Crippen molar-refractivity contribution in [3.05, 3.63) is 75.7 Å². The van der Waals surface area contributed by atoms with Crippen LogP contribution in [0.1, 0.15) is 45.4 Å². The highest BCUT2D eigenvalue weighted by molar-refractivity contribution is 7.09. The number of benzene rings is 2. The van der Waals surface area contributed by atoms with Crippen molar-refractivity contribution in [2.75, 3.05) is 13.1 Å². The van der Waals surface area contributed by atoms with Crippen molar-refractivity contribution < 1.29 is 9.90 Å². The molecule has 144 valence electrons. The molecular weight excluding hydrogens is 368 g/mol. The van der Waals surface area contributed by atoms with Gasteiger partial charge in [-0.25, -0.2) is 9.78 Å². The van der Waals surface area contributed by atoms with E-state index in [1.54, 1.807) is 23.5 Å². The van der Waals surface area contributed by atoms with Gasteiger partial charge in [-0.3, -0.25) is 4.90 Å². The molecule has 0 spiro atoms. The summed E-state index contributed by atoms with van der Waals surface area (Å²) >= 11 is 1.78. The second-order valence-corrected chi connectivity index (χ2v) is 8.34. The summed E-state index contributed by atoms with van der Waals surface area (Å²) in [6.45, 7) is 5.15. The lowest BCUT2D eigenvalue weighted by molar-refractivity contribution is 0.0697. The SMILES string of the molecule is Cc1csc([C@@H]2CCCN(Cc3ccc(-c4ccccc4C(=O)O)cc3)C2)n1. The monoisotopic (exact) mass is 392 g/mol. The van der Waals surface area contributed by atoms with Gasteiger partial charge in [-0.1, -0.05) is 42.5 Å². The number of hydrogen-bond acceptors (Lipinski definition) is 4. The third kappa shape index (κ3) is 4.16. The van der Waals surface area contributed by atoms with Crippen LogP contribution in [0.4, 0.5) is 0 Å². The summed E-state index contributed by atoms with van der Waals surface area (Å²) in [4.78, 5) is 18.7. The molecule has 0 unspecified atom stereocenters. The molecule has 0 radical (unpaired) electrons. The van der Waals surface area contributed by atoms with Gasteiger partial charge in [-0.15, -0.1) is 11.3 Å². The van der Waals surface area contributed by atoms with E-state index in [2.05, 4.69) is 34.3 Å². The third-order valence-electron chi connectivity index (χ3n) is 5.32. The lowest BCUT2D eigenvalue weighted by Crippen LogP contribution is -2.33. The molecule has 2 heterocycles. The van der Waals surface area contributed by atoms with Gasteiger partial charge in [0.1, 0.15) is 0 Å². The Balaban J connectivity index is 1.45. The second-order valence-electron chi connectivity index (χ2n) is 7.45. The predicted octanol–water partition coefficient (Wildman–Crippen LogP) is 5.20. The molecule has 0 bridgehead atoms. The van der Waals surface area contributed by atoms with Gasteiger partial charge in [0.25, 0.3) is 0 Å². The highest BCUT2D eigenvalue weighted by Crippen LogP contribution is 2.30. The Kier molecular flexibility index (Phi) is 5.55. The van der Waals surface area contributed by atoms with E-state index in [9.17, 15) is 9.90 Å². The number of nitrogens with zero attached hydrogens (tertiary/aromatic N) is 2. The van der Waals surface area contributed by atoms with Crippen molar-refractivity contribution in [1.29, 1.82) is 0 Å². The molecule has 1 fully saturated rings. The van der Waals surface area contributed by atoms with Gasteiger partial charge in [0, 0.05) is 30.1 Å². The molecule has 5 heteroatoms. The maximum atomic E-state index is 11.5. The number of carbonyl (C=O) groups is 1. The summed E-state index contributed by atoms with van der Waals surface area (Å²) in [5, 5.41) is 12.8. The summed E-state index contributed by atoms with van der Waals surface area (Å²) in [6.07, 6.45) is 2.42. The van der Waals surface area contributed by atoms with Crippen LogP contribution in [0.5, 0.6) is 0 Å². The van der Waals surface area contributed by atoms with Crippen molar-refractivity contribution in [2.45, 2.75) is 32.2 Å². The van der Waals surface area contributed by atoms with Gasteiger partial charge >= 0.3 is 5.97 Å². The highest BCUT2D eigenvalue weighted by atomic mass is 32.1. The molecule has 0 amide bonds. The summed E-state index contributed by atoms with van der Waals surface area (Å²) < 4.78 is 0. The number of aromatic carboxylic acids is 1. The number of carboxylic acids is 1. The van der Waals surface area contributed by atoms with Gasteiger partial charge in [0.15, 0.2) is 0 Å². The molecule has 4 nitrogen and oxygen atoms in total. The fourth-order valence-corrected chi connectivity index (χ4v) is 4.86. The number of aromatic nitrogens is 1. The maximum absolute atomic E-state index is 11.5. The average Bonchev–Trinajstić information content (AvgIpc) is 3.15. The molecule has 2 aromatic carbocycles. The van der Waals surface area contributed by atoms with E-state index in [1.807, 2.05) is 24.3 Å². The number of aryl methyl sites for hydroxylation is 1. The van der Waals surface area contributed by atoms with Crippen LogP contribution in [0.15, 0.2) is 53.9 Å². The molecule has 4 rings (SSSR count). The second kappa shape index (κ2) is 8.25. The standard InChI is InChI=1S/C23H24N2O2S/c1-16-15-28-22(24-16)19-5-4-12-25(14-19)13-17-8-10-18(11-9-17)20-6-2-3-7-21(20)23(26)27/h2-3,6-11,15,19H,4-5,12-14H2,1H3,(H,26,27)/t19-/m1/s1. The first-order chi connectivity index (χ1) is 13.6. The van der Waals surface area contributed by atoms with E-state index in [1.165, 1.54) is 23.4 Å². The minimum atomic E-state index is -0.892. The highest BCUT2D eigenvalue weighted by Gasteiger charge is 2.23. The van der Waals surface area contributed by atoms with Crippen LogP contribution in [-0.2, 0) is 6.54 Å². The Morgan fingerprint density at radius 1 is 1.21 bits per heavy atom. The minimum absolute atomic E-state index is 0.341. The van der Waals surface area contributed by atoms with E-state index in [4.69, 9.17) is 0 Å². The number of piperidine rings is 1. The predicted molar refractivity (Wildman–Crippen MR) is 113 cm³/mol. The topological polar surface area (TPSA) is 53.4 Å². The summed E-state index contributed by atoms with van der Waals surface area (Å²) in [5.41, 5.74) is 4.42. The van der Waals surface area contributed by atoms with Crippen LogP contribution < -0.4 is 0 Å². The summed E-state index contributed by atoms with van der Waals surface area (Å²) in [5.74, 6) is -0.356. The zero-order valence-electron chi connectivity index (χ0n) is 16.0. The Morgan fingerprint density at radius 3 is 2.71 bits per heavy atom. The molecule has 0 saturated carbocycles. The van der Waals surface area contributed by atoms with Crippen molar-refractivity contribution in [1.82, 2.24) is 9.88 Å². The largest absolute Gasteiger partial charge is 0.478 e. The molecular formula is C23H24N2O2S. The third-order valence-corrected chi connectivity index (χ3v) is 6.45. The van der Waals surface area contributed by atoms with Crippen LogP contribution in [0.25, 0.3) is 11.1 Å². The van der Waals surface area contributed by atoms with Gasteiger partial charge in [-0.2, -0.15) is 0 Å². The fraction of sp³-hybridized carbons (Fsp3) is 0.304. The summed E-state index contributed by atoms with van der Waals surface area (Å²) in [6, 6.07) is 15.5. The molecule has 1 N–H and O–H groups in total. The smallest absolute Gasteiger partial charge is 0.336 e. The first kappa shape index (κ1) is 18.8. The minimum Gasteiger partial charge on any atom is -0.478 e. The number of rotatable bonds is 5. The Labute approximate surface area is 169 Å². The van der Waals surface area contributed by atoms with E-state index in [0.29, 0.717) is 11.5 Å². The zero-order chi connectivity index (χ0) is 19.5. The zero-order valence-corrected chi connectivity index (χ0v) is 16.8. The van der Waals surface area contributed by atoms with Crippen LogP contribution >= 0.6 is 11.3 Å². The lowest BCUT2D eigenvalue weighted by atomic mass is 9.97. The molecule has 1 aliphatic heterocycles. The molecule has 1 atom stereocenters. The van der Waals surface area contributed by atoms with Gasteiger partial charge in [0.2, 0.25) is 0 Å². The van der Waals surface area contributed by atoms with Crippen LogP contribution in [0.2, 0.25) is 0 Å². The summed E-state index contributed by atoms with van der Waals surface area (Å²) in [7, 11) is 0. The number of likely N-dealkylation sites (tertiary alicyclic amines) is 1. The number of hydrogen-bond donors (Lipinski definition) is 1. The maximum Gasteiger partial charge on any atom is 0.336 e. The van der Waals surface area contributed by atoms with E-state index in [-0.39, 0.29) is 0 Å². The molecule has 3 aromatic rings. The van der Waals surface area contributed by atoms with Crippen LogP contribution in [0.3, 0.4) is 0 Å². The Morgan fingerprint density at radius 2 is 2.00 bits per heavy atom. The average molecular weight is 393 g/mol.